The molecule has 3 rings (SSSR count). The summed E-state index contributed by atoms with van der Waals surface area (Å²) in [6.07, 6.45) is 3.35. The molecule has 2 N–H and O–H groups in total. The monoisotopic (exact) mass is 412 g/mol. The van der Waals surface area contributed by atoms with Crippen LogP contribution in [0.25, 0.3) is 17.1 Å². The van der Waals surface area contributed by atoms with Crippen molar-refractivity contribution in [2.24, 2.45) is 0 Å². The molecule has 1 aromatic carbocycles. The summed E-state index contributed by atoms with van der Waals surface area (Å²) in [5, 5.41) is 13.2. The van der Waals surface area contributed by atoms with E-state index in [-0.39, 0.29) is 0 Å². The molecule has 0 bridgehead atoms. The first-order valence-corrected chi connectivity index (χ1v) is 9.61. The van der Waals surface area contributed by atoms with Crippen molar-refractivity contribution in [2.75, 3.05) is 14.2 Å². The number of pyridine rings is 1. The van der Waals surface area contributed by atoms with Crippen LogP contribution in [0.15, 0.2) is 53.9 Å². The molecule has 150 valence electrons. The minimum Gasteiger partial charge on any atom is -0.497 e. The van der Waals surface area contributed by atoms with E-state index in [9.17, 15) is 9.59 Å². The molecule has 10 heteroatoms. The Morgan fingerprint density at radius 3 is 2.41 bits per heavy atom. The zero-order valence-corrected chi connectivity index (χ0v) is 16.9. The van der Waals surface area contributed by atoms with Crippen LogP contribution in [0, 0.1) is 0 Å². The molecule has 0 spiro atoms. The van der Waals surface area contributed by atoms with Crippen LogP contribution in [0.3, 0.4) is 0 Å². The molecule has 0 saturated carbocycles. The van der Waals surface area contributed by atoms with Gasteiger partial charge in [-0.25, -0.2) is 4.79 Å². The van der Waals surface area contributed by atoms with Crippen molar-refractivity contribution >= 4 is 23.7 Å². The highest BCUT2D eigenvalue weighted by molar-refractivity contribution is 8.00. The molecular weight excluding hydrogens is 392 g/mol. The maximum atomic E-state index is 12.2. The second kappa shape index (κ2) is 9.20. The number of amides is 3. The predicted octanol–water partition coefficient (Wildman–Crippen LogP) is 2.27. The molecule has 0 aliphatic rings. The van der Waals surface area contributed by atoms with Gasteiger partial charge in [0.25, 0.3) is 0 Å². The molecule has 2 heterocycles. The van der Waals surface area contributed by atoms with E-state index in [0.29, 0.717) is 11.0 Å². The second-order valence-electron chi connectivity index (χ2n) is 5.90. The summed E-state index contributed by atoms with van der Waals surface area (Å²) in [4.78, 5) is 27.7. The third kappa shape index (κ3) is 4.72. The zero-order valence-electron chi connectivity index (χ0n) is 16.1. The number of aromatic nitrogens is 4. The summed E-state index contributed by atoms with van der Waals surface area (Å²) < 4.78 is 7.08. The first-order chi connectivity index (χ1) is 14.0. The Morgan fingerprint density at radius 1 is 1.10 bits per heavy atom. The Hall–Kier alpha value is -3.40. The Kier molecular flexibility index (Phi) is 6.45. The molecular formula is C19H20N6O3S. The van der Waals surface area contributed by atoms with Gasteiger partial charge in [0.15, 0.2) is 11.0 Å². The van der Waals surface area contributed by atoms with Gasteiger partial charge in [0.05, 0.1) is 12.4 Å². The maximum absolute atomic E-state index is 12.2. The SMILES string of the molecule is CNC(=O)NC(=O)C(C)Sc1nnc(-c2ccncc2)n1-c1ccc(OC)cc1. The fourth-order valence-corrected chi connectivity index (χ4v) is 3.35. The van der Waals surface area contributed by atoms with Gasteiger partial charge in [-0.3, -0.25) is 19.7 Å². The first kappa shape index (κ1) is 20.3. The first-order valence-electron chi connectivity index (χ1n) is 8.73. The normalized spacial score (nSPS) is 11.6. The zero-order chi connectivity index (χ0) is 20.8. The topological polar surface area (TPSA) is 111 Å². The van der Waals surface area contributed by atoms with Gasteiger partial charge in [-0.2, -0.15) is 0 Å². The van der Waals surface area contributed by atoms with E-state index >= 15 is 0 Å². The molecule has 3 aromatic rings. The molecule has 0 aliphatic heterocycles. The summed E-state index contributed by atoms with van der Waals surface area (Å²) in [6.45, 7) is 1.70. The average Bonchev–Trinajstić information content (AvgIpc) is 3.17. The number of methoxy groups -OCH3 is 1. The minimum absolute atomic E-state index is 0.427. The number of carbonyl (C=O) groups is 2. The highest BCUT2D eigenvalue weighted by Gasteiger charge is 2.22. The smallest absolute Gasteiger partial charge is 0.321 e. The highest BCUT2D eigenvalue weighted by Crippen LogP contribution is 2.30. The van der Waals surface area contributed by atoms with Crippen LogP contribution in [0.2, 0.25) is 0 Å². The lowest BCUT2D eigenvalue weighted by atomic mass is 10.2. The Balaban J connectivity index is 1.97. The number of nitrogens with one attached hydrogen (secondary N) is 2. The van der Waals surface area contributed by atoms with Gasteiger partial charge in [0.1, 0.15) is 5.75 Å². The number of rotatable bonds is 6. The molecule has 9 nitrogen and oxygen atoms in total. The van der Waals surface area contributed by atoms with Gasteiger partial charge in [-0.1, -0.05) is 11.8 Å². The van der Waals surface area contributed by atoms with Gasteiger partial charge < -0.3 is 10.1 Å². The summed E-state index contributed by atoms with van der Waals surface area (Å²) in [5.41, 5.74) is 1.64. The fraction of sp³-hybridized carbons (Fsp3) is 0.211. The lowest BCUT2D eigenvalue weighted by Gasteiger charge is -2.14. The van der Waals surface area contributed by atoms with Crippen molar-refractivity contribution in [3.05, 3.63) is 48.8 Å². The number of urea groups is 1. The fourth-order valence-electron chi connectivity index (χ4n) is 2.49. The largest absolute Gasteiger partial charge is 0.497 e. The lowest BCUT2D eigenvalue weighted by molar-refractivity contribution is -0.119. The summed E-state index contributed by atoms with van der Waals surface area (Å²) in [7, 11) is 3.05. The Labute approximate surface area is 171 Å². The van der Waals surface area contributed by atoms with E-state index in [4.69, 9.17) is 4.74 Å². The molecule has 1 unspecified atom stereocenters. The molecule has 0 fully saturated rings. The van der Waals surface area contributed by atoms with Crippen molar-refractivity contribution < 1.29 is 14.3 Å². The molecule has 1 atom stereocenters. The maximum Gasteiger partial charge on any atom is 0.321 e. The number of ether oxygens (including phenoxy) is 1. The van der Waals surface area contributed by atoms with Crippen LogP contribution < -0.4 is 15.4 Å². The van der Waals surface area contributed by atoms with Crippen molar-refractivity contribution in [3.8, 4) is 22.8 Å². The van der Waals surface area contributed by atoms with Crippen LogP contribution >= 0.6 is 11.8 Å². The van der Waals surface area contributed by atoms with Gasteiger partial charge in [-0.15, -0.1) is 10.2 Å². The number of benzene rings is 1. The quantitative estimate of drug-likeness (QED) is 0.598. The molecule has 0 radical (unpaired) electrons. The number of hydrogen-bond acceptors (Lipinski definition) is 7. The average molecular weight is 412 g/mol. The lowest BCUT2D eigenvalue weighted by Crippen LogP contribution is -2.41. The highest BCUT2D eigenvalue weighted by atomic mass is 32.2. The predicted molar refractivity (Wildman–Crippen MR) is 109 cm³/mol. The molecule has 0 saturated heterocycles. The molecule has 29 heavy (non-hydrogen) atoms. The second-order valence-corrected chi connectivity index (χ2v) is 7.21. The molecule has 2 aromatic heterocycles. The molecule has 0 aliphatic carbocycles. The standard InChI is InChI=1S/C19H20N6O3S/c1-12(17(26)22-18(27)20-2)29-19-24-23-16(13-8-10-21-11-9-13)25(19)14-4-6-15(28-3)7-5-14/h4-12H,1-3H3,(H2,20,22,26,27). The van der Waals surface area contributed by atoms with Crippen LogP contribution in [-0.4, -0.2) is 51.1 Å². The van der Waals surface area contributed by atoms with Gasteiger partial charge in [0.2, 0.25) is 5.91 Å². The number of hydrogen-bond donors (Lipinski definition) is 2. The van der Waals surface area contributed by atoms with E-state index in [1.54, 1.807) is 26.4 Å². The van der Waals surface area contributed by atoms with Crippen molar-refractivity contribution in [1.82, 2.24) is 30.4 Å². The molecule has 3 amide bonds. The van der Waals surface area contributed by atoms with Gasteiger partial charge in [-0.05, 0) is 43.3 Å². The van der Waals surface area contributed by atoms with Crippen LogP contribution in [-0.2, 0) is 4.79 Å². The Bertz CT molecular complexity index is 991. The summed E-state index contributed by atoms with van der Waals surface area (Å²) in [5.74, 6) is 0.905. The van der Waals surface area contributed by atoms with Crippen LogP contribution in [0.5, 0.6) is 5.75 Å². The van der Waals surface area contributed by atoms with Gasteiger partial charge >= 0.3 is 6.03 Å². The third-order valence-corrected chi connectivity index (χ3v) is 5.06. The Morgan fingerprint density at radius 2 is 1.79 bits per heavy atom. The van der Waals surface area contributed by atoms with E-state index in [2.05, 4.69) is 25.8 Å². The van der Waals surface area contributed by atoms with Crippen molar-refractivity contribution in [1.29, 1.82) is 0 Å². The van der Waals surface area contributed by atoms with E-state index in [0.717, 1.165) is 17.0 Å². The van der Waals surface area contributed by atoms with E-state index in [1.165, 1.54) is 18.8 Å². The minimum atomic E-state index is -0.571. The van der Waals surface area contributed by atoms with Gasteiger partial charge in [0, 0.05) is 30.7 Å². The number of nitrogens with zero attached hydrogens (tertiary/aromatic N) is 4. The number of imide groups is 1. The number of thioether (sulfide) groups is 1. The van der Waals surface area contributed by atoms with E-state index < -0.39 is 17.2 Å². The van der Waals surface area contributed by atoms with Crippen LogP contribution in [0.1, 0.15) is 6.92 Å². The number of carbonyl (C=O) groups excluding carboxylic acids is 2. The summed E-state index contributed by atoms with van der Waals surface area (Å²) in [6, 6.07) is 10.5. The summed E-state index contributed by atoms with van der Waals surface area (Å²) >= 11 is 1.20. The van der Waals surface area contributed by atoms with E-state index in [1.807, 2.05) is 41.0 Å². The third-order valence-electron chi connectivity index (χ3n) is 4.02. The van der Waals surface area contributed by atoms with Crippen molar-refractivity contribution in [2.45, 2.75) is 17.3 Å². The van der Waals surface area contributed by atoms with Crippen LogP contribution in [0.4, 0.5) is 4.79 Å². The van der Waals surface area contributed by atoms with Crippen molar-refractivity contribution in [3.63, 3.8) is 0 Å².